The van der Waals surface area contributed by atoms with Gasteiger partial charge in [-0.05, 0) is 31.9 Å². The Kier molecular flexibility index (Phi) is 6.01. The van der Waals surface area contributed by atoms with Crippen LogP contribution in [0.15, 0.2) is 18.2 Å². The highest BCUT2D eigenvalue weighted by Crippen LogP contribution is 2.21. The molecule has 0 fully saturated rings. The van der Waals surface area contributed by atoms with Crippen LogP contribution in [0.2, 0.25) is 0 Å². The van der Waals surface area contributed by atoms with Gasteiger partial charge in [0.2, 0.25) is 0 Å². The summed E-state index contributed by atoms with van der Waals surface area (Å²) in [6.07, 6.45) is 0. The molecule has 0 aliphatic rings. The van der Waals surface area contributed by atoms with Crippen molar-refractivity contribution in [1.82, 2.24) is 5.32 Å². The predicted molar refractivity (Wildman–Crippen MR) is 70.8 cm³/mol. The lowest BCUT2D eigenvalue weighted by Crippen LogP contribution is -2.33. The van der Waals surface area contributed by atoms with Gasteiger partial charge in [-0.3, -0.25) is 0 Å². The van der Waals surface area contributed by atoms with Crippen LogP contribution in [-0.2, 0) is 4.74 Å². The van der Waals surface area contributed by atoms with E-state index in [2.05, 4.69) is 44.3 Å². The van der Waals surface area contributed by atoms with Gasteiger partial charge in [-0.15, -0.1) is 0 Å². The first-order valence-electron chi connectivity index (χ1n) is 6.06. The number of benzene rings is 1. The Balaban J connectivity index is 2.31. The summed E-state index contributed by atoms with van der Waals surface area (Å²) in [7, 11) is 1.71. The van der Waals surface area contributed by atoms with Crippen molar-refractivity contribution in [3.63, 3.8) is 0 Å². The smallest absolute Gasteiger partial charge is 0.125 e. The van der Waals surface area contributed by atoms with Gasteiger partial charge in [-0.2, -0.15) is 0 Å². The van der Waals surface area contributed by atoms with E-state index in [1.54, 1.807) is 7.11 Å². The van der Waals surface area contributed by atoms with E-state index in [4.69, 9.17) is 9.47 Å². The van der Waals surface area contributed by atoms with E-state index < -0.39 is 0 Å². The third-order valence-electron chi connectivity index (χ3n) is 2.67. The molecule has 0 amide bonds. The zero-order valence-electron chi connectivity index (χ0n) is 11.2. The summed E-state index contributed by atoms with van der Waals surface area (Å²) in [5.41, 5.74) is 2.38. The van der Waals surface area contributed by atoms with Crippen LogP contribution in [0.1, 0.15) is 18.1 Å². The molecule has 3 heteroatoms. The topological polar surface area (TPSA) is 30.5 Å². The van der Waals surface area contributed by atoms with Gasteiger partial charge in [0.1, 0.15) is 12.4 Å². The number of aryl methyl sites for hydroxylation is 2. The standard InChI is InChI=1S/C14H23NO2/c1-11-6-5-7-12(2)14(11)17-9-8-15-13(3)10-16-4/h5-7,13,15H,8-10H2,1-4H3. The lowest BCUT2D eigenvalue weighted by atomic mass is 10.1. The molecule has 0 radical (unpaired) electrons. The van der Waals surface area contributed by atoms with Gasteiger partial charge in [0.15, 0.2) is 0 Å². The van der Waals surface area contributed by atoms with Crippen LogP contribution < -0.4 is 10.1 Å². The van der Waals surface area contributed by atoms with Crippen molar-refractivity contribution in [1.29, 1.82) is 0 Å². The number of methoxy groups -OCH3 is 1. The Labute approximate surface area is 104 Å². The minimum absolute atomic E-state index is 0.363. The van der Waals surface area contributed by atoms with Crippen molar-refractivity contribution in [3.8, 4) is 5.75 Å². The Morgan fingerprint density at radius 3 is 2.47 bits per heavy atom. The summed E-state index contributed by atoms with van der Waals surface area (Å²) >= 11 is 0. The van der Waals surface area contributed by atoms with Crippen molar-refractivity contribution >= 4 is 0 Å². The fourth-order valence-electron chi connectivity index (χ4n) is 1.79. The Morgan fingerprint density at radius 1 is 1.24 bits per heavy atom. The monoisotopic (exact) mass is 237 g/mol. The molecule has 0 aromatic heterocycles. The maximum Gasteiger partial charge on any atom is 0.125 e. The zero-order valence-corrected chi connectivity index (χ0v) is 11.2. The predicted octanol–water partition coefficient (Wildman–Crippen LogP) is 2.31. The molecule has 3 nitrogen and oxygen atoms in total. The number of hydrogen-bond donors (Lipinski definition) is 1. The second-order valence-corrected chi connectivity index (χ2v) is 4.38. The Hall–Kier alpha value is -1.06. The van der Waals surface area contributed by atoms with E-state index >= 15 is 0 Å². The van der Waals surface area contributed by atoms with Crippen LogP contribution in [0.4, 0.5) is 0 Å². The average Bonchev–Trinajstić information content (AvgIpc) is 2.28. The molecule has 0 bridgehead atoms. The molecule has 1 unspecified atom stereocenters. The fraction of sp³-hybridized carbons (Fsp3) is 0.571. The van der Waals surface area contributed by atoms with E-state index in [0.29, 0.717) is 12.6 Å². The maximum atomic E-state index is 5.79. The van der Waals surface area contributed by atoms with Crippen LogP contribution in [0.25, 0.3) is 0 Å². The molecule has 1 N–H and O–H groups in total. The maximum absolute atomic E-state index is 5.79. The third kappa shape index (κ3) is 4.75. The second-order valence-electron chi connectivity index (χ2n) is 4.38. The van der Waals surface area contributed by atoms with Gasteiger partial charge in [0.25, 0.3) is 0 Å². The molecule has 0 heterocycles. The van der Waals surface area contributed by atoms with Gasteiger partial charge < -0.3 is 14.8 Å². The number of rotatable bonds is 7. The van der Waals surface area contributed by atoms with Gasteiger partial charge in [0.05, 0.1) is 6.61 Å². The average molecular weight is 237 g/mol. The molecule has 96 valence electrons. The fourth-order valence-corrected chi connectivity index (χ4v) is 1.79. The summed E-state index contributed by atoms with van der Waals surface area (Å²) in [6, 6.07) is 6.56. The molecular weight excluding hydrogens is 214 g/mol. The van der Waals surface area contributed by atoms with Crippen molar-refractivity contribution < 1.29 is 9.47 Å². The lowest BCUT2D eigenvalue weighted by Gasteiger charge is -2.15. The molecule has 1 aromatic rings. The van der Waals surface area contributed by atoms with Gasteiger partial charge >= 0.3 is 0 Å². The highest BCUT2D eigenvalue weighted by atomic mass is 16.5. The summed E-state index contributed by atoms with van der Waals surface area (Å²) in [5, 5.41) is 3.34. The first-order valence-corrected chi connectivity index (χ1v) is 6.06. The molecule has 0 aliphatic carbocycles. The van der Waals surface area contributed by atoms with E-state index in [9.17, 15) is 0 Å². The van der Waals surface area contributed by atoms with Crippen LogP contribution in [0.3, 0.4) is 0 Å². The molecule has 0 spiro atoms. The van der Waals surface area contributed by atoms with Crippen LogP contribution >= 0.6 is 0 Å². The van der Waals surface area contributed by atoms with Gasteiger partial charge in [-0.1, -0.05) is 18.2 Å². The highest BCUT2D eigenvalue weighted by Gasteiger charge is 2.03. The zero-order chi connectivity index (χ0) is 12.7. The van der Waals surface area contributed by atoms with E-state index in [0.717, 1.165) is 18.9 Å². The van der Waals surface area contributed by atoms with E-state index in [1.165, 1.54) is 11.1 Å². The summed E-state index contributed by atoms with van der Waals surface area (Å²) in [6.45, 7) is 8.48. The first kappa shape index (κ1) is 14.0. The quantitative estimate of drug-likeness (QED) is 0.738. The summed E-state index contributed by atoms with van der Waals surface area (Å²) in [5.74, 6) is 1.01. The number of hydrogen-bond acceptors (Lipinski definition) is 3. The van der Waals surface area contributed by atoms with E-state index in [-0.39, 0.29) is 0 Å². The Bertz CT molecular complexity index is 319. The summed E-state index contributed by atoms with van der Waals surface area (Å²) < 4.78 is 10.8. The van der Waals surface area contributed by atoms with Crippen LogP contribution in [0, 0.1) is 13.8 Å². The summed E-state index contributed by atoms with van der Waals surface area (Å²) in [4.78, 5) is 0. The largest absolute Gasteiger partial charge is 0.492 e. The lowest BCUT2D eigenvalue weighted by molar-refractivity contribution is 0.169. The van der Waals surface area contributed by atoms with Crippen molar-refractivity contribution in [2.75, 3.05) is 26.9 Å². The normalized spacial score (nSPS) is 12.5. The van der Waals surface area contributed by atoms with Gasteiger partial charge in [-0.25, -0.2) is 0 Å². The van der Waals surface area contributed by atoms with Crippen molar-refractivity contribution in [3.05, 3.63) is 29.3 Å². The molecule has 1 rings (SSSR count). The molecular formula is C14H23NO2. The van der Waals surface area contributed by atoms with Crippen LogP contribution in [-0.4, -0.2) is 32.9 Å². The van der Waals surface area contributed by atoms with Crippen LogP contribution in [0.5, 0.6) is 5.75 Å². The van der Waals surface area contributed by atoms with E-state index in [1.807, 2.05) is 0 Å². The third-order valence-corrected chi connectivity index (χ3v) is 2.67. The van der Waals surface area contributed by atoms with Gasteiger partial charge in [0, 0.05) is 19.7 Å². The molecule has 0 aliphatic heterocycles. The number of para-hydroxylation sites is 1. The van der Waals surface area contributed by atoms with Crippen molar-refractivity contribution in [2.24, 2.45) is 0 Å². The molecule has 1 aromatic carbocycles. The molecule has 0 saturated carbocycles. The van der Waals surface area contributed by atoms with Crippen molar-refractivity contribution in [2.45, 2.75) is 26.8 Å². The molecule has 1 atom stereocenters. The second kappa shape index (κ2) is 7.30. The molecule has 17 heavy (non-hydrogen) atoms. The number of nitrogens with one attached hydrogen (secondary N) is 1. The minimum Gasteiger partial charge on any atom is -0.492 e. The molecule has 0 saturated heterocycles. The number of ether oxygens (including phenoxy) is 2. The Morgan fingerprint density at radius 2 is 1.88 bits per heavy atom. The highest BCUT2D eigenvalue weighted by molar-refractivity contribution is 5.39. The first-order chi connectivity index (χ1) is 8.15. The SMILES string of the molecule is COCC(C)NCCOc1c(C)cccc1C. The minimum atomic E-state index is 0.363.